The van der Waals surface area contributed by atoms with Crippen molar-refractivity contribution in [2.45, 2.75) is 40.2 Å². The highest BCUT2D eigenvalue weighted by molar-refractivity contribution is 5.40. The van der Waals surface area contributed by atoms with Gasteiger partial charge in [0, 0.05) is 36.0 Å². The maximum absolute atomic E-state index is 5.95. The number of aryl methyl sites for hydroxylation is 1. The number of rotatable bonds is 5. The summed E-state index contributed by atoms with van der Waals surface area (Å²) in [6, 6.07) is 2.20. The van der Waals surface area contributed by atoms with Gasteiger partial charge in [0.25, 0.3) is 0 Å². The van der Waals surface area contributed by atoms with Crippen molar-refractivity contribution in [1.29, 1.82) is 0 Å². The van der Waals surface area contributed by atoms with Gasteiger partial charge >= 0.3 is 0 Å². The van der Waals surface area contributed by atoms with Gasteiger partial charge in [0.1, 0.15) is 11.6 Å². The molecule has 2 aromatic heterocycles. The van der Waals surface area contributed by atoms with Crippen LogP contribution in [0.2, 0.25) is 0 Å². The van der Waals surface area contributed by atoms with Crippen molar-refractivity contribution >= 4 is 5.82 Å². The first-order valence-corrected chi connectivity index (χ1v) is 6.80. The molecule has 0 aromatic carbocycles. The van der Waals surface area contributed by atoms with Crippen LogP contribution in [0, 0.1) is 6.92 Å². The van der Waals surface area contributed by atoms with E-state index in [-0.39, 0.29) is 6.04 Å². The van der Waals surface area contributed by atoms with Crippen LogP contribution in [-0.2, 0) is 6.42 Å². The maximum atomic E-state index is 5.95. The monoisotopic (exact) mass is 275 g/mol. The molecule has 2 N–H and O–H groups in total. The average molecular weight is 275 g/mol. The Balaban J connectivity index is 2.31. The summed E-state index contributed by atoms with van der Waals surface area (Å²) in [6.45, 7) is 8.54. The van der Waals surface area contributed by atoms with Crippen molar-refractivity contribution < 1.29 is 4.74 Å². The van der Waals surface area contributed by atoms with E-state index in [0.29, 0.717) is 30.5 Å². The van der Waals surface area contributed by atoms with Crippen molar-refractivity contribution in [3.63, 3.8) is 0 Å². The Hall–Kier alpha value is -2.11. The van der Waals surface area contributed by atoms with Crippen molar-refractivity contribution in [2.75, 3.05) is 12.3 Å². The van der Waals surface area contributed by atoms with E-state index < -0.39 is 0 Å². The smallest absolute Gasteiger partial charge is 0.233 e. The molecule has 108 valence electrons. The molecular formula is C14H21N5O. The highest BCUT2D eigenvalue weighted by Gasteiger charge is 2.13. The quantitative estimate of drug-likeness (QED) is 0.904. The zero-order valence-corrected chi connectivity index (χ0v) is 12.4. The molecule has 0 aliphatic heterocycles. The van der Waals surface area contributed by atoms with E-state index in [2.05, 4.69) is 28.9 Å². The maximum Gasteiger partial charge on any atom is 0.233 e. The van der Waals surface area contributed by atoms with E-state index in [1.165, 1.54) is 0 Å². The van der Waals surface area contributed by atoms with Crippen LogP contribution in [0.25, 0.3) is 0 Å². The predicted octanol–water partition coefficient (Wildman–Crippen LogP) is 2.13. The summed E-state index contributed by atoms with van der Waals surface area (Å²) in [7, 11) is 0. The van der Waals surface area contributed by atoms with E-state index in [1.807, 2.05) is 24.6 Å². The van der Waals surface area contributed by atoms with E-state index in [1.54, 1.807) is 6.20 Å². The molecule has 0 saturated heterocycles. The molecule has 6 heteroatoms. The fourth-order valence-corrected chi connectivity index (χ4v) is 2.05. The first-order chi connectivity index (χ1) is 9.51. The zero-order chi connectivity index (χ0) is 14.7. The number of hydrogen-bond donors (Lipinski definition) is 1. The van der Waals surface area contributed by atoms with E-state index in [9.17, 15) is 0 Å². The molecule has 2 aromatic rings. The van der Waals surface area contributed by atoms with Crippen LogP contribution >= 0.6 is 0 Å². The fraction of sp³-hybridized carbons (Fsp3) is 0.500. The molecule has 6 nitrogen and oxygen atoms in total. The Kier molecular flexibility index (Phi) is 4.22. The number of hydrogen-bond acceptors (Lipinski definition) is 5. The molecule has 0 unspecified atom stereocenters. The van der Waals surface area contributed by atoms with Crippen LogP contribution in [-0.4, -0.2) is 26.4 Å². The van der Waals surface area contributed by atoms with Gasteiger partial charge in [-0.25, -0.2) is 9.97 Å². The molecule has 0 bridgehead atoms. The summed E-state index contributed by atoms with van der Waals surface area (Å²) in [6.07, 6.45) is 2.42. The Morgan fingerprint density at radius 2 is 2.15 bits per heavy atom. The van der Waals surface area contributed by atoms with Crippen LogP contribution in [0.15, 0.2) is 12.3 Å². The number of nitrogens with two attached hydrogens (primary N) is 1. The molecule has 20 heavy (non-hydrogen) atoms. The number of nitrogens with zero attached hydrogens (tertiary/aromatic N) is 4. The summed E-state index contributed by atoms with van der Waals surface area (Å²) >= 11 is 0. The van der Waals surface area contributed by atoms with Crippen molar-refractivity contribution in [3.8, 4) is 5.88 Å². The Morgan fingerprint density at radius 3 is 2.75 bits per heavy atom. The standard InChI is InChI=1S/C14H21N5O/c1-5-20-13-7-12(19(18-13)9(2)3)6-11-8-16-10(4)17-14(11)15/h7-9H,5-6H2,1-4H3,(H2,15,16,17). The minimum absolute atomic E-state index is 0.256. The third-order valence-corrected chi connectivity index (χ3v) is 2.96. The first kappa shape index (κ1) is 14.3. The number of ether oxygens (including phenoxy) is 1. The molecule has 0 aliphatic rings. The van der Waals surface area contributed by atoms with Gasteiger partial charge in [0.2, 0.25) is 5.88 Å². The third-order valence-electron chi connectivity index (χ3n) is 2.96. The lowest BCUT2D eigenvalue weighted by Gasteiger charge is -2.11. The zero-order valence-electron chi connectivity index (χ0n) is 12.4. The summed E-state index contributed by atoms with van der Waals surface area (Å²) in [5.74, 6) is 1.84. The van der Waals surface area contributed by atoms with Crippen molar-refractivity contribution in [2.24, 2.45) is 0 Å². The van der Waals surface area contributed by atoms with E-state index in [4.69, 9.17) is 10.5 Å². The molecule has 0 spiro atoms. The summed E-state index contributed by atoms with van der Waals surface area (Å²) in [4.78, 5) is 8.39. The average Bonchev–Trinajstić information content (AvgIpc) is 2.76. The molecule has 2 rings (SSSR count). The summed E-state index contributed by atoms with van der Waals surface area (Å²) in [5, 5.41) is 4.46. The van der Waals surface area contributed by atoms with Crippen LogP contribution in [0.5, 0.6) is 5.88 Å². The van der Waals surface area contributed by atoms with Gasteiger partial charge in [-0.2, -0.15) is 0 Å². The van der Waals surface area contributed by atoms with Gasteiger partial charge in [0.15, 0.2) is 0 Å². The van der Waals surface area contributed by atoms with Crippen molar-refractivity contribution in [1.82, 2.24) is 19.7 Å². The van der Waals surface area contributed by atoms with Gasteiger partial charge in [0.05, 0.1) is 6.61 Å². The first-order valence-electron chi connectivity index (χ1n) is 6.80. The Morgan fingerprint density at radius 1 is 1.40 bits per heavy atom. The highest BCUT2D eigenvalue weighted by atomic mass is 16.5. The molecule has 0 atom stereocenters. The normalized spacial score (nSPS) is 11.1. The lowest BCUT2D eigenvalue weighted by atomic mass is 10.1. The van der Waals surface area contributed by atoms with E-state index in [0.717, 1.165) is 11.3 Å². The number of aromatic nitrogens is 4. The van der Waals surface area contributed by atoms with Crippen LogP contribution in [0.1, 0.15) is 43.9 Å². The SMILES string of the molecule is CCOc1cc(Cc2cnc(C)nc2N)n(C(C)C)n1. The van der Waals surface area contributed by atoms with Gasteiger partial charge in [-0.05, 0) is 27.7 Å². The largest absolute Gasteiger partial charge is 0.477 e. The Labute approximate surface area is 119 Å². The second-order valence-electron chi connectivity index (χ2n) is 4.95. The molecule has 0 amide bonds. The molecule has 0 aliphatic carbocycles. The van der Waals surface area contributed by atoms with E-state index >= 15 is 0 Å². The lowest BCUT2D eigenvalue weighted by Crippen LogP contribution is -2.10. The minimum atomic E-state index is 0.256. The third kappa shape index (κ3) is 3.07. The predicted molar refractivity (Wildman–Crippen MR) is 77.8 cm³/mol. The number of anilines is 1. The molecule has 0 radical (unpaired) electrons. The minimum Gasteiger partial charge on any atom is -0.477 e. The molecular weight excluding hydrogens is 254 g/mol. The fourth-order valence-electron chi connectivity index (χ4n) is 2.05. The van der Waals surface area contributed by atoms with Gasteiger partial charge in [-0.3, -0.25) is 4.68 Å². The lowest BCUT2D eigenvalue weighted by molar-refractivity contribution is 0.319. The molecule has 0 fully saturated rings. The summed E-state index contributed by atoms with van der Waals surface area (Å²) in [5.41, 5.74) is 7.90. The van der Waals surface area contributed by atoms with Gasteiger partial charge < -0.3 is 10.5 Å². The Bertz CT molecular complexity index is 591. The van der Waals surface area contributed by atoms with Gasteiger partial charge in [-0.15, -0.1) is 5.10 Å². The van der Waals surface area contributed by atoms with Crippen molar-refractivity contribution in [3.05, 3.63) is 29.3 Å². The summed E-state index contributed by atoms with van der Waals surface area (Å²) < 4.78 is 7.42. The topological polar surface area (TPSA) is 78.9 Å². The highest BCUT2D eigenvalue weighted by Crippen LogP contribution is 2.21. The van der Waals surface area contributed by atoms with Crippen LogP contribution in [0.4, 0.5) is 5.82 Å². The molecule has 2 heterocycles. The molecule has 0 saturated carbocycles. The van der Waals surface area contributed by atoms with Crippen LogP contribution in [0.3, 0.4) is 0 Å². The van der Waals surface area contributed by atoms with Crippen LogP contribution < -0.4 is 10.5 Å². The second-order valence-corrected chi connectivity index (χ2v) is 4.95. The number of nitrogen functional groups attached to an aromatic ring is 1. The second kappa shape index (κ2) is 5.90. The van der Waals surface area contributed by atoms with Gasteiger partial charge in [-0.1, -0.05) is 0 Å².